The minimum Gasteiger partial charge on any atom is -0.506 e. The van der Waals surface area contributed by atoms with Crippen LogP contribution >= 0.6 is 31.9 Å². The van der Waals surface area contributed by atoms with Crippen molar-refractivity contribution in [2.75, 3.05) is 0 Å². The van der Waals surface area contributed by atoms with E-state index < -0.39 is 108 Å². The molecule has 10 N–H and O–H groups in total. The number of cyclic esters (lactones) is 1. The molecule has 0 aromatic heterocycles. The van der Waals surface area contributed by atoms with Crippen LogP contribution in [0.15, 0.2) is 63.6 Å². The van der Waals surface area contributed by atoms with Crippen LogP contribution in [-0.2, 0) is 43.1 Å². The summed E-state index contributed by atoms with van der Waals surface area (Å²) < 4.78 is 6.69. The predicted molar refractivity (Wildman–Crippen MR) is 217 cm³/mol. The topological polar surface area (TPSA) is 278 Å². The third-order valence-electron chi connectivity index (χ3n) is 8.57. The number of esters is 1. The fourth-order valence-electron chi connectivity index (χ4n) is 5.23. The molecular weight excluding hydrogens is 874 g/mol. The van der Waals surface area contributed by atoms with Gasteiger partial charge in [-0.1, -0.05) is 76.6 Å². The molecule has 1 heterocycles. The average Bonchev–Trinajstić information content (AvgIpc) is 3.12. The van der Waals surface area contributed by atoms with Crippen LogP contribution in [0.2, 0.25) is 0 Å². The van der Waals surface area contributed by atoms with Crippen molar-refractivity contribution < 1.29 is 48.2 Å². The van der Waals surface area contributed by atoms with Crippen molar-refractivity contribution in [2.24, 2.45) is 23.3 Å². The number of phenols is 1. The second-order valence-electron chi connectivity index (χ2n) is 13.5. The number of rotatable bonds is 13. The normalized spacial score (nSPS) is 23.6. The zero-order chi connectivity index (χ0) is 43.0. The number of nitrogens with one attached hydrogen (secondary N) is 5. The lowest BCUT2D eigenvalue weighted by Gasteiger charge is -2.31. The molecule has 0 spiro atoms. The molecule has 0 saturated carbocycles. The van der Waals surface area contributed by atoms with E-state index in [2.05, 4.69) is 58.4 Å². The van der Waals surface area contributed by atoms with E-state index in [4.69, 9.17) is 16.2 Å². The molecule has 17 nitrogen and oxygen atoms in total. The van der Waals surface area contributed by atoms with Crippen LogP contribution in [0.5, 0.6) is 5.75 Å². The third-order valence-corrected chi connectivity index (χ3v) is 9.78. The minimum atomic E-state index is -1.65. The molecule has 1 aromatic rings. The van der Waals surface area contributed by atoms with Crippen molar-refractivity contribution in [3.05, 3.63) is 69.2 Å². The zero-order valence-corrected chi connectivity index (χ0v) is 35.2. The molecule has 2 rings (SSSR count). The number of hydrogen-bond acceptors (Lipinski definition) is 10. The Labute approximate surface area is 347 Å². The van der Waals surface area contributed by atoms with Crippen molar-refractivity contribution in [1.82, 2.24) is 26.6 Å². The lowest BCUT2D eigenvalue weighted by Crippen LogP contribution is -2.62. The monoisotopic (exact) mass is 921 g/mol. The van der Waals surface area contributed by atoms with Gasteiger partial charge < -0.3 is 47.9 Å². The molecule has 0 unspecified atom stereocenters. The summed E-state index contributed by atoms with van der Waals surface area (Å²) in [7, 11) is 0. The summed E-state index contributed by atoms with van der Waals surface area (Å²) in [5.41, 5.74) is 11.5. The van der Waals surface area contributed by atoms with Gasteiger partial charge in [-0.2, -0.15) is 0 Å². The molecule has 57 heavy (non-hydrogen) atoms. The number of halogens is 2. The maximum absolute atomic E-state index is 13.8. The smallest absolute Gasteiger partial charge is 0.329 e. The number of amides is 7. The van der Waals surface area contributed by atoms with E-state index >= 15 is 0 Å². The van der Waals surface area contributed by atoms with Gasteiger partial charge in [0.05, 0.1) is 21.8 Å². The van der Waals surface area contributed by atoms with Gasteiger partial charge in [0.15, 0.2) is 0 Å². The van der Waals surface area contributed by atoms with Crippen LogP contribution < -0.4 is 38.1 Å². The second-order valence-corrected chi connectivity index (χ2v) is 15.2. The first kappa shape index (κ1) is 47.9. The maximum atomic E-state index is 13.8. The Hall–Kier alpha value is -5.30. The fraction of sp³-hybridized carbons (Fsp3) is 0.421. The number of ether oxygens (including phenoxy) is 1. The third kappa shape index (κ3) is 15.6. The van der Waals surface area contributed by atoms with Crippen LogP contribution in [0.1, 0.15) is 59.4 Å². The average molecular weight is 924 g/mol. The first-order chi connectivity index (χ1) is 26.7. The number of phenolic OH excluding ortho intramolecular Hbond substituents is 1. The van der Waals surface area contributed by atoms with E-state index in [9.17, 15) is 43.5 Å². The van der Waals surface area contributed by atoms with Crippen LogP contribution in [0, 0.1) is 11.8 Å². The second kappa shape index (κ2) is 23.1. The van der Waals surface area contributed by atoms with Crippen molar-refractivity contribution in [1.29, 1.82) is 0 Å². The molecule has 0 radical (unpaired) electrons. The number of allylic oxidation sites excluding steroid dienone is 6. The molecule has 0 aliphatic carbocycles. The molecular formula is C38H49Br2N7O10. The summed E-state index contributed by atoms with van der Waals surface area (Å²) in [5, 5.41) is 22.0. The van der Waals surface area contributed by atoms with Gasteiger partial charge in [0.2, 0.25) is 41.4 Å². The van der Waals surface area contributed by atoms with Crippen molar-refractivity contribution >= 4 is 85.3 Å². The molecule has 7 amide bonds. The molecule has 1 saturated heterocycles. The Balaban J connectivity index is 2.43. The van der Waals surface area contributed by atoms with Crippen LogP contribution in [0.3, 0.4) is 0 Å². The SMILES string of the molecule is CC[C@@H](C)[C@@H]1NC(=O)[C@H](CC(N)=O)NC(=O)[C@H](CC(N)=O)NC(=O)[C@H](C(C)C)NC(=O)[C@@H](NC(=O)/C=C/C=C/C=C/C=C/c2cc(Br)c(O)c(Br)c2)[C@@H](C)OC1=O. The number of hydrogen-bond donors (Lipinski definition) is 8. The van der Waals surface area contributed by atoms with Gasteiger partial charge in [0, 0.05) is 6.08 Å². The number of benzene rings is 1. The van der Waals surface area contributed by atoms with Gasteiger partial charge in [-0.15, -0.1) is 0 Å². The minimum absolute atomic E-state index is 0.0864. The van der Waals surface area contributed by atoms with Gasteiger partial charge in [-0.05, 0) is 68.3 Å². The highest BCUT2D eigenvalue weighted by Gasteiger charge is 2.39. The Morgan fingerprint density at radius 3 is 1.81 bits per heavy atom. The van der Waals surface area contributed by atoms with E-state index in [1.165, 1.54) is 13.0 Å². The molecule has 19 heteroatoms. The van der Waals surface area contributed by atoms with Gasteiger partial charge >= 0.3 is 5.97 Å². The number of carbonyl (C=O) groups excluding carboxylic acids is 8. The summed E-state index contributed by atoms with van der Waals surface area (Å²) in [4.78, 5) is 105. The molecule has 1 aliphatic heterocycles. The molecule has 1 fully saturated rings. The zero-order valence-electron chi connectivity index (χ0n) is 32.0. The van der Waals surface area contributed by atoms with Gasteiger partial charge in [0.25, 0.3) is 0 Å². The Morgan fingerprint density at radius 2 is 1.28 bits per heavy atom. The lowest BCUT2D eigenvalue weighted by atomic mass is 9.98. The molecule has 1 aliphatic rings. The van der Waals surface area contributed by atoms with E-state index in [0.717, 1.165) is 11.6 Å². The first-order valence-electron chi connectivity index (χ1n) is 17.9. The summed E-state index contributed by atoms with van der Waals surface area (Å²) in [6, 6.07) is -4.10. The fourth-order valence-corrected chi connectivity index (χ4v) is 6.45. The van der Waals surface area contributed by atoms with E-state index in [-0.39, 0.29) is 5.75 Å². The highest BCUT2D eigenvalue weighted by molar-refractivity contribution is 9.11. The lowest BCUT2D eigenvalue weighted by molar-refractivity contribution is -0.157. The quantitative estimate of drug-likeness (QED) is 0.0801. The standard InChI is InChI=1S/C38H49Br2N7O10/c1-6-20(4)31-38(56)57-21(5)32(45-29(50)14-12-10-8-7-9-11-13-22-15-23(39)33(51)24(40)16-22)37(55)46-30(19(2)3)36(54)44-25(17-27(41)48)34(52)43-26(18-28(42)49)35(53)47-31/h7-16,19-21,25-26,30-32,51H,6,17-18H2,1-5H3,(H2,41,48)(H2,42,49)(H,43,52)(H,44,54)(H,45,50)(H,46,55)(H,47,53)/b9-7+,10-8+,13-11+,14-12+/t20-,21-,25+,26+,30+,31+,32+/m1/s1. The van der Waals surface area contributed by atoms with Crippen molar-refractivity contribution in [2.45, 2.75) is 90.2 Å². The Kier molecular flexibility index (Phi) is 19.4. The number of carbonyl (C=O) groups is 8. The number of aromatic hydroxyl groups is 1. The summed E-state index contributed by atoms with van der Waals surface area (Å²) in [6.45, 7) is 7.86. The first-order valence-corrected chi connectivity index (χ1v) is 19.5. The molecule has 1 aromatic carbocycles. The summed E-state index contributed by atoms with van der Waals surface area (Å²) in [6.07, 6.45) is 10.2. The number of primary amides is 2. The van der Waals surface area contributed by atoms with E-state index in [1.54, 1.807) is 76.3 Å². The maximum Gasteiger partial charge on any atom is 0.329 e. The Morgan fingerprint density at radius 1 is 0.789 bits per heavy atom. The highest BCUT2D eigenvalue weighted by atomic mass is 79.9. The van der Waals surface area contributed by atoms with Crippen molar-refractivity contribution in [3.8, 4) is 5.75 Å². The molecule has 7 atom stereocenters. The van der Waals surface area contributed by atoms with Crippen LogP contribution in [0.4, 0.5) is 0 Å². The van der Waals surface area contributed by atoms with Crippen LogP contribution in [0.25, 0.3) is 6.08 Å². The Bertz CT molecular complexity index is 1790. The van der Waals surface area contributed by atoms with Gasteiger partial charge in [0.1, 0.15) is 42.1 Å². The van der Waals surface area contributed by atoms with Crippen LogP contribution in [-0.4, -0.2) is 88.7 Å². The van der Waals surface area contributed by atoms with E-state index in [1.807, 2.05) is 0 Å². The highest BCUT2D eigenvalue weighted by Crippen LogP contribution is 2.33. The van der Waals surface area contributed by atoms with Gasteiger partial charge in [-0.3, -0.25) is 33.6 Å². The van der Waals surface area contributed by atoms with Gasteiger partial charge in [-0.25, -0.2) is 4.79 Å². The number of nitrogens with two attached hydrogens (primary N) is 2. The summed E-state index contributed by atoms with van der Waals surface area (Å²) in [5.74, 6) is -8.79. The molecule has 0 bridgehead atoms. The molecule has 310 valence electrons. The van der Waals surface area contributed by atoms with E-state index in [0.29, 0.717) is 15.4 Å². The van der Waals surface area contributed by atoms with Crippen molar-refractivity contribution in [3.63, 3.8) is 0 Å². The largest absolute Gasteiger partial charge is 0.506 e. The predicted octanol–water partition coefficient (Wildman–Crippen LogP) is 1.42. The summed E-state index contributed by atoms with van der Waals surface area (Å²) >= 11 is 6.55.